The molecule has 2 heterocycles. The van der Waals surface area contributed by atoms with Gasteiger partial charge in [-0.3, -0.25) is 4.79 Å². The van der Waals surface area contributed by atoms with E-state index in [1.165, 1.54) is 17.4 Å². The van der Waals surface area contributed by atoms with Crippen LogP contribution in [0.3, 0.4) is 0 Å². The van der Waals surface area contributed by atoms with Gasteiger partial charge in [0.05, 0.1) is 22.3 Å². The van der Waals surface area contributed by atoms with Crippen molar-refractivity contribution in [2.45, 2.75) is 12.8 Å². The number of aromatic nitrogens is 1. The molecule has 3 aromatic rings. The molecule has 1 aliphatic rings. The Morgan fingerprint density at radius 1 is 1.33 bits per heavy atom. The second-order valence-electron chi connectivity index (χ2n) is 6.55. The van der Waals surface area contributed by atoms with Gasteiger partial charge in [-0.2, -0.15) is 5.26 Å². The number of fused-ring (bicyclic) bond motifs is 1. The van der Waals surface area contributed by atoms with Crippen molar-refractivity contribution in [1.29, 1.82) is 5.26 Å². The van der Waals surface area contributed by atoms with Crippen LogP contribution in [-0.2, 0) is 4.79 Å². The molecule has 1 unspecified atom stereocenters. The normalized spacial score (nSPS) is 16.9. The number of hydrogen-bond donors (Lipinski definition) is 1. The zero-order chi connectivity index (χ0) is 18.8. The number of benzene rings is 2. The summed E-state index contributed by atoms with van der Waals surface area (Å²) in [6.45, 7) is 1.35. The van der Waals surface area contributed by atoms with Gasteiger partial charge in [-0.05, 0) is 43.2 Å². The highest BCUT2D eigenvalue weighted by molar-refractivity contribution is 7.22. The summed E-state index contributed by atoms with van der Waals surface area (Å²) in [6, 6.07) is 13.9. The van der Waals surface area contributed by atoms with Gasteiger partial charge in [-0.15, -0.1) is 0 Å². The van der Waals surface area contributed by atoms with Crippen LogP contribution < -0.4 is 10.2 Å². The molecule has 1 aliphatic heterocycles. The number of nitrogens with zero attached hydrogens (tertiary/aromatic N) is 3. The first-order valence-corrected chi connectivity index (χ1v) is 9.57. The van der Waals surface area contributed by atoms with Crippen molar-refractivity contribution in [3.05, 3.63) is 53.8 Å². The van der Waals surface area contributed by atoms with Gasteiger partial charge >= 0.3 is 0 Å². The standard InChI is InChI=1S/C20H17FN4OS/c21-16-7-2-8-17-18(16)24-20(27-17)25-9-3-5-14(12-25)19(26)23-15-6-1-4-13(10-15)11-22/h1-2,4,6-8,10,14H,3,5,9,12H2,(H,23,26). The topological polar surface area (TPSA) is 69.0 Å². The average molecular weight is 380 g/mol. The Kier molecular flexibility index (Phi) is 4.73. The third-order valence-electron chi connectivity index (χ3n) is 4.68. The molecular formula is C20H17FN4OS. The van der Waals surface area contributed by atoms with E-state index in [0.29, 0.717) is 23.3 Å². The van der Waals surface area contributed by atoms with E-state index >= 15 is 0 Å². The molecule has 7 heteroatoms. The number of halogens is 1. The summed E-state index contributed by atoms with van der Waals surface area (Å²) in [6.07, 6.45) is 1.66. The summed E-state index contributed by atoms with van der Waals surface area (Å²) in [7, 11) is 0. The summed E-state index contributed by atoms with van der Waals surface area (Å²) in [5, 5.41) is 12.6. The molecule has 1 N–H and O–H groups in total. The molecule has 1 saturated heterocycles. The largest absolute Gasteiger partial charge is 0.347 e. The third-order valence-corrected chi connectivity index (χ3v) is 5.76. The lowest BCUT2D eigenvalue weighted by Crippen LogP contribution is -2.40. The third kappa shape index (κ3) is 3.62. The predicted octanol–water partition coefficient (Wildman–Crippen LogP) is 4.16. The van der Waals surface area contributed by atoms with Crippen molar-refractivity contribution < 1.29 is 9.18 Å². The Labute approximate surface area is 160 Å². The number of carbonyl (C=O) groups is 1. The zero-order valence-corrected chi connectivity index (χ0v) is 15.3. The molecule has 5 nitrogen and oxygen atoms in total. The molecule has 27 heavy (non-hydrogen) atoms. The number of carbonyl (C=O) groups excluding carboxylic acids is 1. The predicted molar refractivity (Wildman–Crippen MR) is 104 cm³/mol. The molecule has 136 valence electrons. The second kappa shape index (κ2) is 7.33. The Morgan fingerprint density at radius 2 is 2.19 bits per heavy atom. The Bertz CT molecular complexity index is 1040. The molecule has 0 bridgehead atoms. The van der Waals surface area contributed by atoms with Crippen LogP contribution in [0.2, 0.25) is 0 Å². The molecule has 2 aromatic carbocycles. The molecule has 1 atom stereocenters. The minimum absolute atomic E-state index is 0.0675. The Balaban J connectivity index is 1.49. The lowest BCUT2D eigenvalue weighted by molar-refractivity contribution is -0.120. The van der Waals surface area contributed by atoms with Crippen molar-refractivity contribution in [3.63, 3.8) is 0 Å². The van der Waals surface area contributed by atoms with Gasteiger partial charge in [0.2, 0.25) is 5.91 Å². The van der Waals surface area contributed by atoms with E-state index in [1.54, 1.807) is 30.3 Å². The van der Waals surface area contributed by atoms with Gasteiger partial charge in [0, 0.05) is 18.8 Å². The number of para-hydroxylation sites is 1. The molecule has 0 saturated carbocycles. The number of piperidine rings is 1. The van der Waals surface area contributed by atoms with Gasteiger partial charge < -0.3 is 10.2 Å². The molecule has 1 amide bonds. The minimum atomic E-state index is -0.321. The quantitative estimate of drug-likeness (QED) is 0.741. The van der Waals surface area contributed by atoms with Crippen molar-refractivity contribution in [3.8, 4) is 6.07 Å². The fourth-order valence-electron chi connectivity index (χ4n) is 3.31. The molecular weight excluding hydrogens is 363 g/mol. The number of nitrogens with one attached hydrogen (secondary N) is 1. The van der Waals surface area contributed by atoms with E-state index in [2.05, 4.69) is 21.3 Å². The first kappa shape index (κ1) is 17.4. The number of amides is 1. The number of nitriles is 1. The first-order chi connectivity index (χ1) is 13.1. The monoisotopic (exact) mass is 380 g/mol. The molecule has 0 spiro atoms. The average Bonchev–Trinajstić information content (AvgIpc) is 3.14. The lowest BCUT2D eigenvalue weighted by Gasteiger charge is -2.31. The highest BCUT2D eigenvalue weighted by Gasteiger charge is 2.27. The maximum Gasteiger partial charge on any atom is 0.229 e. The molecule has 1 fully saturated rings. The van der Waals surface area contributed by atoms with Crippen molar-refractivity contribution in [1.82, 2.24) is 4.98 Å². The number of thiazole rings is 1. The van der Waals surface area contributed by atoms with Crippen LogP contribution in [0.15, 0.2) is 42.5 Å². The van der Waals surface area contributed by atoms with E-state index < -0.39 is 0 Å². The van der Waals surface area contributed by atoms with Crippen LogP contribution >= 0.6 is 11.3 Å². The van der Waals surface area contributed by atoms with Gasteiger partial charge in [0.1, 0.15) is 11.3 Å². The maximum absolute atomic E-state index is 13.9. The second-order valence-corrected chi connectivity index (χ2v) is 7.56. The van der Waals surface area contributed by atoms with E-state index in [4.69, 9.17) is 5.26 Å². The lowest BCUT2D eigenvalue weighted by atomic mass is 9.97. The molecule has 0 aliphatic carbocycles. The summed E-state index contributed by atoms with van der Waals surface area (Å²) in [5.74, 6) is -0.567. The van der Waals surface area contributed by atoms with Gasteiger partial charge in [-0.1, -0.05) is 23.5 Å². The minimum Gasteiger partial charge on any atom is -0.347 e. The Morgan fingerprint density at radius 3 is 3.00 bits per heavy atom. The van der Waals surface area contributed by atoms with Crippen LogP contribution in [0.1, 0.15) is 18.4 Å². The highest BCUT2D eigenvalue weighted by Crippen LogP contribution is 2.32. The van der Waals surface area contributed by atoms with Crippen LogP contribution in [0.4, 0.5) is 15.2 Å². The summed E-state index contributed by atoms with van der Waals surface area (Å²) >= 11 is 1.45. The van der Waals surface area contributed by atoms with Crippen LogP contribution in [-0.4, -0.2) is 24.0 Å². The SMILES string of the molecule is N#Cc1cccc(NC(=O)C2CCCN(c3nc4c(F)cccc4s3)C2)c1. The molecule has 0 radical (unpaired) electrons. The zero-order valence-electron chi connectivity index (χ0n) is 14.5. The number of hydrogen-bond acceptors (Lipinski definition) is 5. The van der Waals surface area contributed by atoms with E-state index in [9.17, 15) is 9.18 Å². The van der Waals surface area contributed by atoms with Gasteiger partial charge in [0.15, 0.2) is 5.13 Å². The van der Waals surface area contributed by atoms with Crippen LogP contribution in [0, 0.1) is 23.1 Å². The van der Waals surface area contributed by atoms with E-state index in [-0.39, 0.29) is 17.6 Å². The number of rotatable bonds is 3. The highest BCUT2D eigenvalue weighted by atomic mass is 32.1. The van der Waals surface area contributed by atoms with Crippen LogP contribution in [0.25, 0.3) is 10.2 Å². The van der Waals surface area contributed by atoms with Crippen molar-refractivity contribution in [2.75, 3.05) is 23.3 Å². The molecule has 4 rings (SSSR count). The van der Waals surface area contributed by atoms with Gasteiger partial charge in [0.25, 0.3) is 0 Å². The van der Waals surface area contributed by atoms with E-state index in [0.717, 1.165) is 29.2 Å². The summed E-state index contributed by atoms with van der Waals surface area (Å²) in [5.41, 5.74) is 1.52. The molecule has 1 aromatic heterocycles. The van der Waals surface area contributed by atoms with Crippen molar-refractivity contribution >= 4 is 38.3 Å². The van der Waals surface area contributed by atoms with Crippen LogP contribution in [0.5, 0.6) is 0 Å². The first-order valence-electron chi connectivity index (χ1n) is 8.75. The smallest absolute Gasteiger partial charge is 0.229 e. The van der Waals surface area contributed by atoms with Gasteiger partial charge in [-0.25, -0.2) is 9.37 Å². The maximum atomic E-state index is 13.9. The van der Waals surface area contributed by atoms with Crippen molar-refractivity contribution in [2.24, 2.45) is 5.92 Å². The summed E-state index contributed by atoms with van der Waals surface area (Å²) < 4.78 is 14.7. The fourth-order valence-corrected chi connectivity index (χ4v) is 4.33. The number of anilines is 2. The fraction of sp³-hybridized carbons (Fsp3) is 0.250. The van der Waals surface area contributed by atoms with E-state index in [1.807, 2.05) is 6.07 Å². The Hall–Kier alpha value is -2.98. The summed E-state index contributed by atoms with van der Waals surface area (Å²) in [4.78, 5) is 19.2.